The first-order valence-electron chi connectivity index (χ1n) is 6.57. The summed E-state index contributed by atoms with van der Waals surface area (Å²) in [5.74, 6) is -0.542. The largest absolute Gasteiger partial charge is 0.387 e. The SMILES string of the molecule is CNC(=O)c1cccnc1NCC(O)c1ccc(Cl)c(F)c1. The fraction of sp³-hybridized carbons (Fsp3) is 0.200. The fourth-order valence-electron chi connectivity index (χ4n) is 1.89. The Morgan fingerprint density at radius 1 is 1.45 bits per heavy atom. The van der Waals surface area contributed by atoms with E-state index in [1.54, 1.807) is 12.1 Å². The van der Waals surface area contributed by atoms with Gasteiger partial charge in [-0.2, -0.15) is 0 Å². The highest BCUT2D eigenvalue weighted by Gasteiger charge is 2.14. The summed E-state index contributed by atoms with van der Waals surface area (Å²) < 4.78 is 13.4. The van der Waals surface area contributed by atoms with Crippen molar-refractivity contribution in [2.24, 2.45) is 0 Å². The van der Waals surface area contributed by atoms with Gasteiger partial charge in [-0.3, -0.25) is 4.79 Å². The number of anilines is 1. The molecule has 1 unspecified atom stereocenters. The van der Waals surface area contributed by atoms with E-state index in [9.17, 15) is 14.3 Å². The molecule has 2 aromatic rings. The molecule has 0 saturated carbocycles. The summed E-state index contributed by atoms with van der Waals surface area (Å²) in [5.41, 5.74) is 0.742. The second-order valence-corrected chi connectivity index (χ2v) is 4.96. The van der Waals surface area contributed by atoms with Gasteiger partial charge in [-0.15, -0.1) is 0 Å². The number of benzene rings is 1. The minimum absolute atomic E-state index is 0.00413. The Balaban J connectivity index is 2.09. The number of nitrogens with zero attached hydrogens (tertiary/aromatic N) is 1. The van der Waals surface area contributed by atoms with Gasteiger partial charge in [0.1, 0.15) is 11.6 Å². The number of nitrogens with one attached hydrogen (secondary N) is 2. The standard InChI is InChI=1S/C15H15ClFN3O2/c1-18-15(22)10-3-2-6-19-14(10)20-8-13(21)9-4-5-11(16)12(17)7-9/h2-7,13,21H,8H2,1H3,(H,18,22)(H,19,20). The third-order valence-corrected chi connectivity index (χ3v) is 3.38. The molecule has 0 aliphatic heterocycles. The van der Waals surface area contributed by atoms with Crippen LogP contribution < -0.4 is 10.6 Å². The highest BCUT2D eigenvalue weighted by Crippen LogP contribution is 2.21. The summed E-state index contributed by atoms with van der Waals surface area (Å²) in [5, 5.41) is 15.5. The summed E-state index contributed by atoms with van der Waals surface area (Å²) in [6, 6.07) is 7.35. The average Bonchev–Trinajstić information content (AvgIpc) is 2.54. The van der Waals surface area contributed by atoms with Gasteiger partial charge < -0.3 is 15.7 Å². The molecular weight excluding hydrogens is 309 g/mol. The number of carbonyl (C=O) groups excluding carboxylic acids is 1. The number of aromatic nitrogens is 1. The molecule has 22 heavy (non-hydrogen) atoms. The summed E-state index contributed by atoms with van der Waals surface area (Å²) in [6.07, 6.45) is 0.564. The second kappa shape index (κ2) is 7.20. The highest BCUT2D eigenvalue weighted by molar-refractivity contribution is 6.30. The Morgan fingerprint density at radius 3 is 2.91 bits per heavy atom. The number of aliphatic hydroxyl groups excluding tert-OH is 1. The molecule has 0 aliphatic rings. The number of rotatable bonds is 5. The van der Waals surface area contributed by atoms with Gasteiger partial charge in [0.05, 0.1) is 16.7 Å². The maximum atomic E-state index is 13.4. The smallest absolute Gasteiger partial charge is 0.254 e. The second-order valence-electron chi connectivity index (χ2n) is 4.55. The molecule has 2 rings (SSSR count). The van der Waals surface area contributed by atoms with E-state index in [2.05, 4.69) is 15.6 Å². The lowest BCUT2D eigenvalue weighted by atomic mass is 10.1. The van der Waals surface area contributed by atoms with Crippen molar-refractivity contribution in [2.45, 2.75) is 6.10 Å². The van der Waals surface area contributed by atoms with Crippen molar-refractivity contribution < 1.29 is 14.3 Å². The Bertz CT molecular complexity index is 682. The van der Waals surface area contributed by atoms with Crippen LogP contribution in [0.25, 0.3) is 0 Å². The minimum Gasteiger partial charge on any atom is -0.387 e. The molecule has 0 saturated heterocycles. The van der Waals surface area contributed by atoms with Gasteiger partial charge in [-0.1, -0.05) is 17.7 Å². The van der Waals surface area contributed by atoms with Gasteiger partial charge in [0.25, 0.3) is 5.91 Å². The van der Waals surface area contributed by atoms with Crippen LogP contribution in [0.4, 0.5) is 10.2 Å². The maximum absolute atomic E-state index is 13.4. The molecule has 0 radical (unpaired) electrons. The minimum atomic E-state index is -0.966. The Kier molecular flexibility index (Phi) is 5.30. The molecule has 1 atom stereocenters. The van der Waals surface area contributed by atoms with Gasteiger partial charge >= 0.3 is 0 Å². The lowest BCUT2D eigenvalue weighted by molar-refractivity contribution is 0.0963. The number of aliphatic hydroxyl groups is 1. The molecule has 7 heteroatoms. The number of carbonyl (C=O) groups is 1. The summed E-state index contributed by atoms with van der Waals surface area (Å²) >= 11 is 5.60. The number of halogens is 2. The van der Waals surface area contributed by atoms with Crippen LogP contribution in [0.15, 0.2) is 36.5 Å². The van der Waals surface area contributed by atoms with Crippen molar-refractivity contribution in [3.05, 3.63) is 58.5 Å². The normalized spacial score (nSPS) is 11.8. The van der Waals surface area contributed by atoms with Crippen molar-refractivity contribution in [3.8, 4) is 0 Å². The van der Waals surface area contributed by atoms with Crippen LogP contribution in [0.3, 0.4) is 0 Å². The predicted octanol–water partition coefficient (Wildman–Crippen LogP) is 2.38. The van der Waals surface area contributed by atoms with Crippen LogP contribution in [-0.2, 0) is 0 Å². The molecule has 3 N–H and O–H groups in total. The Hall–Kier alpha value is -2.18. The third kappa shape index (κ3) is 3.72. The molecule has 1 amide bonds. The molecule has 116 valence electrons. The molecule has 1 heterocycles. The van der Waals surface area contributed by atoms with Crippen molar-refractivity contribution in [2.75, 3.05) is 18.9 Å². The van der Waals surface area contributed by atoms with Crippen LogP contribution >= 0.6 is 11.6 Å². The zero-order chi connectivity index (χ0) is 16.1. The lowest BCUT2D eigenvalue weighted by Crippen LogP contribution is -2.21. The van der Waals surface area contributed by atoms with Crippen molar-refractivity contribution >= 4 is 23.3 Å². The van der Waals surface area contributed by atoms with E-state index in [1.807, 2.05) is 0 Å². The summed E-state index contributed by atoms with van der Waals surface area (Å²) in [6.45, 7) is 0.0715. The van der Waals surface area contributed by atoms with Crippen molar-refractivity contribution in [1.82, 2.24) is 10.3 Å². The number of pyridine rings is 1. The molecular formula is C15H15ClFN3O2. The topological polar surface area (TPSA) is 74.2 Å². The van der Waals surface area contributed by atoms with Crippen LogP contribution in [0.2, 0.25) is 5.02 Å². The molecule has 1 aromatic heterocycles. The van der Waals surface area contributed by atoms with E-state index in [0.29, 0.717) is 16.9 Å². The molecule has 0 aliphatic carbocycles. The van der Waals surface area contributed by atoms with E-state index in [-0.39, 0.29) is 17.5 Å². The van der Waals surface area contributed by atoms with Crippen LogP contribution in [-0.4, -0.2) is 29.6 Å². The first-order valence-corrected chi connectivity index (χ1v) is 6.94. The first kappa shape index (κ1) is 16.2. The van der Waals surface area contributed by atoms with Crippen molar-refractivity contribution in [3.63, 3.8) is 0 Å². The Morgan fingerprint density at radius 2 is 2.23 bits per heavy atom. The van der Waals surface area contributed by atoms with E-state index in [4.69, 9.17) is 11.6 Å². The van der Waals surface area contributed by atoms with Crippen LogP contribution in [0.1, 0.15) is 22.0 Å². The number of amides is 1. The molecule has 5 nitrogen and oxygen atoms in total. The summed E-state index contributed by atoms with van der Waals surface area (Å²) in [4.78, 5) is 15.8. The maximum Gasteiger partial charge on any atom is 0.254 e. The zero-order valence-electron chi connectivity index (χ0n) is 11.8. The first-order chi connectivity index (χ1) is 10.5. The van der Waals surface area contributed by atoms with E-state index in [0.717, 1.165) is 0 Å². The van der Waals surface area contributed by atoms with Gasteiger partial charge in [0.15, 0.2) is 0 Å². The molecule has 0 fully saturated rings. The quantitative estimate of drug-likeness (QED) is 0.790. The zero-order valence-corrected chi connectivity index (χ0v) is 12.6. The Labute approximate surface area is 132 Å². The third-order valence-electron chi connectivity index (χ3n) is 3.07. The monoisotopic (exact) mass is 323 g/mol. The number of hydrogen-bond acceptors (Lipinski definition) is 4. The number of hydrogen-bond donors (Lipinski definition) is 3. The summed E-state index contributed by atoms with van der Waals surface area (Å²) in [7, 11) is 1.52. The highest BCUT2D eigenvalue weighted by atomic mass is 35.5. The van der Waals surface area contributed by atoms with Crippen molar-refractivity contribution in [1.29, 1.82) is 0 Å². The molecule has 0 bridgehead atoms. The average molecular weight is 324 g/mol. The lowest BCUT2D eigenvalue weighted by Gasteiger charge is -2.14. The molecule has 1 aromatic carbocycles. The van der Waals surface area contributed by atoms with E-state index < -0.39 is 11.9 Å². The van der Waals surface area contributed by atoms with Gasteiger partial charge in [-0.05, 0) is 29.8 Å². The van der Waals surface area contributed by atoms with E-state index in [1.165, 1.54) is 31.4 Å². The van der Waals surface area contributed by atoms with Crippen LogP contribution in [0.5, 0.6) is 0 Å². The van der Waals surface area contributed by atoms with Gasteiger partial charge in [-0.25, -0.2) is 9.37 Å². The predicted molar refractivity (Wildman–Crippen MR) is 82.5 cm³/mol. The van der Waals surface area contributed by atoms with Gasteiger partial charge in [0, 0.05) is 19.8 Å². The van der Waals surface area contributed by atoms with Crippen LogP contribution in [0, 0.1) is 5.82 Å². The van der Waals surface area contributed by atoms with Gasteiger partial charge in [0.2, 0.25) is 0 Å². The molecule has 0 spiro atoms. The fourth-order valence-corrected chi connectivity index (χ4v) is 2.01. The van der Waals surface area contributed by atoms with E-state index >= 15 is 0 Å².